The van der Waals surface area contributed by atoms with E-state index in [1.165, 1.54) is 15.4 Å². The Hall–Kier alpha value is -3.41. The zero-order chi connectivity index (χ0) is 22.8. The van der Waals surface area contributed by atoms with Crippen molar-refractivity contribution in [3.05, 3.63) is 44.6 Å². The second-order valence-corrected chi connectivity index (χ2v) is 8.91. The lowest BCUT2D eigenvalue weighted by Crippen LogP contribution is -2.36. The fourth-order valence-electron chi connectivity index (χ4n) is 4.33. The third-order valence-corrected chi connectivity index (χ3v) is 6.13. The van der Waals surface area contributed by atoms with Gasteiger partial charge in [-0.3, -0.25) is 14.2 Å². The summed E-state index contributed by atoms with van der Waals surface area (Å²) in [6, 6.07) is 6.89. The number of nitrogens with one attached hydrogen (secondary N) is 1. The van der Waals surface area contributed by atoms with Crippen molar-refractivity contribution in [2.75, 3.05) is 0 Å². The van der Waals surface area contributed by atoms with Crippen molar-refractivity contribution < 1.29 is 4.79 Å². The molecule has 1 saturated carbocycles. The van der Waals surface area contributed by atoms with Crippen molar-refractivity contribution in [3.63, 3.8) is 0 Å². The first kappa shape index (κ1) is 21.8. The first-order valence-electron chi connectivity index (χ1n) is 11.2. The molecule has 32 heavy (non-hydrogen) atoms. The Kier molecular flexibility index (Phi) is 6.12. The average molecular weight is 437 g/mol. The van der Waals surface area contributed by atoms with Crippen molar-refractivity contribution in [2.45, 2.75) is 71.5 Å². The number of nitriles is 1. The summed E-state index contributed by atoms with van der Waals surface area (Å²) in [4.78, 5) is 39.2. The number of carbonyl (C=O) groups excluding carboxylic acids is 1. The molecular formula is C23H28N6O3. The van der Waals surface area contributed by atoms with E-state index in [0.29, 0.717) is 28.9 Å². The molecule has 1 aliphatic rings. The van der Waals surface area contributed by atoms with Gasteiger partial charge in [0.2, 0.25) is 5.78 Å². The summed E-state index contributed by atoms with van der Waals surface area (Å²) >= 11 is 0. The highest BCUT2D eigenvalue weighted by atomic mass is 16.2. The van der Waals surface area contributed by atoms with Crippen molar-refractivity contribution in [1.82, 2.24) is 24.1 Å². The molecule has 1 aliphatic carbocycles. The molecular weight excluding hydrogens is 408 g/mol. The topological polar surface area (TPSA) is 114 Å². The molecule has 0 spiro atoms. The molecule has 0 atom stereocenters. The van der Waals surface area contributed by atoms with Gasteiger partial charge in [-0.1, -0.05) is 33.1 Å². The predicted molar refractivity (Wildman–Crippen MR) is 121 cm³/mol. The van der Waals surface area contributed by atoms with E-state index < -0.39 is 5.69 Å². The van der Waals surface area contributed by atoms with Crippen molar-refractivity contribution in [3.8, 4) is 6.07 Å². The lowest BCUT2D eigenvalue weighted by atomic mass is 9.95. The fourth-order valence-corrected chi connectivity index (χ4v) is 4.33. The number of aromatic nitrogens is 4. The minimum atomic E-state index is -0.505. The third kappa shape index (κ3) is 4.05. The van der Waals surface area contributed by atoms with E-state index in [4.69, 9.17) is 5.26 Å². The Morgan fingerprint density at radius 1 is 1.25 bits per heavy atom. The molecule has 2 aromatic heterocycles. The Bertz CT molecular complexity index is 1320. The van der Waals surface area contributed by atoms with E-state index in [-0.39, 0.29) is 29.8 Å². The number of rotatable bonds is 6. The van der Waals surface area contributed by atoms with Gasteiger partial charge in [-0.2, -0.15) is 9.94 Å². The molecule has 0 radical (unpaired) electrons. The standard InChI is InChI=1S/C23H28N6O3/c1-15(2)10-12-27-21(31)18-9-8-16(20(30)25-17-6-4-3-5-7-17)14-19(18)29-22(27)26-28(13-11-24)23(29)32/h8-9,14-15,17H,3-7,10,12-13H2,1-2H3,(H,25,30). The van der Waals surface area contributed by atoms with Crippen LogP contribution in [0, 0.1) is 17.2 Å². The van der Waals surface area contributed by atoms with Crippen LogP contribution < -0.4 is 16.6 Å². The number of fused-ring (bicyclic) bond motifs is 3. The average Bonchev–Trinajstić information content (AvgIpc) is 3.10. The quantitative estimate of drug-likeness (QED) is 0.637. The van der Waals surface area contributed by atoms with Crippen LogP contribution in [0.2, 0.25) is 0 Å². The normalized spacial score (nSPS) is 14.8. The van der Waals surface area contributed by atoms with Crippen LogP contribution in [0.5, 0.6) is 0 Å². The molecule has 0 unspecified atom stereocenters. The van der Waals surface area contributed by atoms with Gasteiger partial charge in [0.15, 0.2) is 0 Å². The molecule has 168 valence electrons. The number of carbonyl (C=O) groups is 1. The van der Waals surface area contributed by atoms with Gasteiger partial charge in [0.1, 0.15) is 6.54 Å². The van der Waals surface area contributed by atoms with E-state index in [2.05, 4.69) is 24.3 Å². The lowest BCUT2D eigenvalue weighted by molar-refractivity contribution is 0.0928. The lowest BCUT2D eigenvalue weighted by Gasteiger charge is -2.22. The van der Waals surface area contributed by atoms with Crippen LogP contribution >= 0.6 is 0 Å². The van der Waals surface area contributed by atoms with Gasteiger partial charge in [0.25, 0.3) is 11.5 Å². The number of nitrogens with zero attached hydrogens (tertiary/aromatic N) is 5. The maximum absolute atomic E-state index is 13.3. The molecule has 0 aliphatic heterocycles. The van der Waals surface area contributed by atoms with E-state index in [1.54, 1.807) is 18.2 Å². The molecule has 3 aromatic rings. The molecule has 9 heteroatoms. The number of hydrogen-bond acceptors (Lipinski definition) is 5. The molecule has 1 fully saturated rings. The predicted octanol–water partition coefficient (Wildman–Crippen LogP) is 2.44. The Balaban J connectivity index is 1.86. The Morgan fingerprint density at radius 2 is 2.00 bits per heavy atom. The first-order chi connectivity index (χ1) is 15.4. The minimum Gasteiger partial charge on any atom is -0.349 e. The maximum Gasteiger partial charge on any atom is 0.353 e. The number of hydrogen-bond donors (Lipinski definition) is 1. The van der Waals surface area contributed by atoms with Crippen LogP contribution in [0.25, 0.3) is 16.7 Å². The minimum absolute atomic E-state index is 0.150. The third-order valence-electron chi connectivity index (χ3n) is 6.13. The highest BCUT2D eigenvalue weighted by Gasteiger charge is 2.21. The molecule has 1 N–H and O–H groups in total. The van der Waals surface area contributed by atoms with Gasteiger partial charge in [-0.15, -0.1) is 5.10 Å². The second-order valence-electron chi connectivity index (χ2n) is 8.91. The monoisotopic (exact) mass is 436 g/mol. The van der Waals surface area contributed by atoms with E-state index in [9.17, 15) is 14.4 Å². The van der Waals surface area contributed by atoms with E-state index >= 15 is 0 Å². The van der Waals surface area contributed by atoms with Crippen LogP contribution in [0.15, 0.2) is 27.8 Å². The van der Waals surface area contributed by atoms with Gasteiger partial charge in [0.05, 0.1) is 17.0 Å². The summed E-state index contributed by atoms with van der Waals surface area (Å²) in [5.74, 6) is 0.332. The molecule has 4 rings (SSSR count). The zero-order valence-electron chi connectivity index (χ0n) is 18.5. The van der Waals surface area contributed by atoms with Crippen LogP contribution in [-0.2, 0) is 13.1 Å². The molecule has 1 amide bonds. The van der Waals surface area contributed by atoms with Crippen LogP contribution in [0.3, 0.4) is 0 Å². The van der Waals surface area contributed by atoms with Crippen LogP contribution in [0.1, 0.15) is 62.7 Å². The summed E-state index contributed by atoms with van der Waals surface area (Å²) in [7, 11) is 0. The van der Waals surface area contributed by atoms with Crippen LogP contribution in [0.4, 0.5) is 0 Å². The first-order valence-corrected chi connectivity index (χ1v) is 11.2. The summed E-state index contributed by atoms with van der Waals surface area (Å²) in [6.45, 7) is 4.30. The van der Waals surface area contributed by atoms with E-state index in [0.717, 1.165) is 36.8 Å². The molecule has 0 saturated heterocycles. The summed E-state index contributed by atoms with van der Waals surface area (Å²) < 4.78 is 3.88. The van der Waals surface area contributed by atoms with Crippen molar-refractivity contribution in [1.29, 1.82) is 5.26 Å². The number of amides is 1. The highest BCUT2D eigenvalue weighted by Crippen LogP contribution is 2.19. The fraction of sp³-hybridized carbons (Fsp3) is 0.522. The van der Waals surface area contributed by atoms with Crippen molar-refractivity contribution >= 4 is 22.6 Å². The Labute approximate surface area is 185 Å². The van der Waals surface area contributed by atoms with Gasteiger partial charge in [0, 0.05) is 18.2 Å². The van der Waals surface area contributed by atoms with Gasteiger partial charge in [-0.25, -0.2) is 9.20 Å². The summed E-state index contributed by atoms with van der Waals surface area (Å²) in [6.07, 6.45) is 6.07. The van der Waals surface area contributed by atoms with Crippen LogP contribution in [-0.4, -0.2) is 30.7 Å². The van der Waals surface area contributed by atoms with Gasteiger partial charge in [-0.05, 0) is 43.4 Å². The molecule has 9 nitrogen and oxygen atoms in total. The summed E-state index contributed by atoms with van der Waals surface area (Å²) in [5.41, 5.74) is -0.0453. The van der Waals surface area contributed by atoms with E-state index in [1.807, 2.05) is 6.07 Å². The van der Waals surface area contributed by atoms with Gasteiger partial charge >= 0.3 is 5.69 Å². The summed E-state index contributed by atoms with van der Waals surface area (Å²) in [5, 5.41) is 16.8. The maximum atomic E-state index is 13.3. The second kappa shape index (κ2) is 8.99. The smallest absolute Gasteiger partial charge is 0.349 e. The molecule has 2 heterocycles. The van der Waals surface area contributed by atoms with Gasteiger partial charge < -0.3 is 5.32 Å². The largest absolute Gasteiger partial charge is 0.353 e. The van der Waals surface area contributed by atoms with Crippen molar-refractivity contribution in [2.24, 2.45) is 5.92 Å². The molecule has 1 aromatic carbocycles. The number of aryl methyl sites for hydroxylation is 1. The zero-order valence-corrected chi connectivity index (χ0v) is 18.5. The Morgan fingerprint density at radius 3 is 2.69 bits per heavy atom. The highest BCUT2D eigenvalue weighted by molar-refractivity contribution is 5.98. The number of benzene rings is 1. The molecule has 0 bridgehead atoms. The SMILES string of the molecule is CC(C)CCn1c(=O)c2ccc(C(=O)NC3CCCCC3)cc2n2c(=O)n(CC#N)nc12.